The first kappa shape index (κ1) is 67.8. The van der Waals surface area contributed by atoms with Gasteiger partial charge < -0.3 is 18.3 Å². The Morgan fingerprint density at radius 1 is 0.127 bits per heavy atom. The smallest absolute Gasteiger partial charge is 0.160 e. The summed E-state index contributed by atoms with van der Waals surface area (Å²) >= 11 is 0. The zero-order valence-corrected chi connectivity index (χ0v) is 64.0. The molecule has 0 fully saturated rings. The second-order valence-electron chi connectivity index (χ2n) is 30.5. The summed E-state index contributed by atoms with van der Waals surface area (Å²) in [6.45, 7) is 0. The van der Waals surface area contributed by atoms with E-state index in [2.05, 4.69) is 443 Å². The molecular weight excluding hydrogens is 1430 g/mol. The zero-order valence-electron chi connectivity index (χ0n) is 64.0. The topological polar surface area (TPSA) is 71.3 Å². The summed E-state index contributed by atoms with van der Waals surface area (Å²) in [5.41, 5.74) is 31.6. The van der Waals surface area contributed by atoms with E-state index in [0.29, 0.717) is 11.6 Å². The minimum absolute atomic E-state index is 0.641. The zero-order chi connectivity index (χ0) is 77.7. The van der Waals surface area contributed by atoms with Gasteiger partial charge in [-0.2, -0.15) is 0 Å². The maximum Gasteiger partial charge on any atom is 0.160 e. The van der Waals surface area contributed by atoms with Gasteiger partial charge in [0.15, 0.2) is 11.6 Å². The van der Waals surface area contributed by atoms with Crippen molar-refractivity contribution >= 4 is 87.2 Å². The molecule has 0 saturated heterocycles. The fraction of sp³-hybridized carbons (Fsp3) is 0. The molecule has 0 atom stereocenters. The highest BCUT2D eigenvalue weighted by Gasteiger charge is 2.21. The number of nitrogens with zero attached hydrogens (tertiary/aromatic N) is 8. The Hall–Kier alpha value is -15.9. The third kappa shape index (κ3) is 11.7. The predicted octanol–water partition coefficient (Wildman–Crippen LogP) is 28.3. The highest BCUT2D eigenvalue weighted by Crippen LogP contribution is 2.42. The fourth-order valence-corrected chi connectivity index (χ4v) is 17.9. The number of hydrogen-bond donors (Lipinski definition) is 0. The van der Waals surface area contributed by atoms with Crippen LogP contribution in [0.2, 0.25) is 0 Å². The number of aromatic nitrogens is 8. The van der Waals surface area contributed by atoms with Crippen LogP contribution in [0.4, 0.5) is 0 Å². The molecular formula is C110H70N8. The van der Waals surface area contributed by atoms with Crippen molar-refractivity contribution in [1.29, 1.82) is 0 Å². The van der Waals surface area contributed by atoms with Gasteiger partial charge in [-0.15, -0.1) is 0 Å². The SMILES string of the molecule is c1ccc(-c2ccc(-c3cc(-c4ccc(-c5cc(-c6ccc(-n7c8ccccc8c8ccccc87)cc6)nc(-c6ccc(-n7c8ccccc8c8ccccc87)cc6)n5)cc4)cc(-c4ccc(-c5cc(-c6ccc(-n7c8ccccc8c8ccccc87)cc6)nc(-c6ccc(-n7c8ccccc8c8ccccc87)cc6)n5)cc4)c3)cc2)cc1. The third-order valence-electron chi connectivity index (χ3n) is 23.7. The summed E-state index contributed by atoms with van der Waals surface area (Å²) in [5, 5.41) is 9.80. The van der Waals surface area contributed by atoms with E-state index in [0.717, 1.165) is 134 Å². The van der Waals surface area contributed by atoms with Gasteiger partial charge in [0.1, 0.15) is 0 Å². The van der Waals surface area contributed by atoms with Crippen molar-refractivity contribution in [2.24, 2.45) is 0 Å². The van der Waals surface area contributed by atoms with E-state index in [1.165, 1.54) is 76.3 Å². The molecule has 6 heterocycles. The van der Waals surface area contributed by atoms with Crippen LogP contribution < -0.4 is 0 Å². The van der Waals surface area contributed by atoms with E-state index >= 15 is 0 Å². The molecule has 0 aliphatic carbocycles. The first-order valence-electron chi connectivity index (χ1n) is 40.1. The summed E-state index contributed by atoms with van der Waals surface area (Å²) < 4.78 is 9.41. The van der Waals surface area contributed by atoms with Crippen molar-refractivity contribution in [2.75, 3.05) is 0 Å². The van der Waals surface area contributed by atoms with Crippen molar-refractivity contribution in [3.63, 3.8) is 0 Å². The van der Waals surface area contributed by atoms with Crippen LogP contribution in [0.15, 0.2) is 425 Å². The third-order valence-corrected chi connectivity index (χ3v) is 23.7. The maximum absolute atomic E-state index is 5.45. The summed E-state index contributed by atoms with van der Waals surface area (Å²) in [6, 6.07) is 153. The second kappa shape index (κ2) is 28.0. The van der Waals surface area contributed by atoms with Crippen LogP contribution in [0.3, 0.4) is 0 Å². The van der Waals surface area contributed by atoms with E-state index in [1.54, 1.807) is 0 Å². The first-order valence-corrected chi connectivity index (χ1v) is 40.1. The van der Waals surface area contributed by atoms with Crippen LogP contribution in [-0.4, -0.2) is 38.2 Å². The minimum Gasteiger partial charge on any atom is -0.309 e. The lowest BCUT2D eigenvalue weighted by molar-refractivity contribution is 1.16. The van der Waals surface area contributed by atoms with Gasteiger partial charge in [0, 0.05) is 99.2 Å². The molecule has 8 nitrogen and oxygen atoms in total. The summed E-state index contributed by atoms with van der Waals surface area (Å²) in [5.74, 6) is 1.28. The molecule has 6 aromatic heterocycles. The molecule has 0 aliphatic rings. The molecule has 0 radical (unpaired) electrons. The molecule has 0 bridgehead atoms. The quantitative estimate of drug-likeness (QED) is 0.109. The van der Waals surface area contributed by atoms with Gasteiger partial charge in [0.2, 0.25) is 0 Å². The number of hydrogen-bond acceptors (Lipinski definition) is 4. The maximum atomic E-state index is 5.45. The standard InChI is InChI=1S/C110H70N8/c1-2-20-71(21-3-1)72-38-40-73(41-39-72)82-66-83(74-42-46-76(47-43-74)97-69-99(78-50-58-85(59-51-78)115-101-30-12-4-22-89(101)90-23-5-13-31-102(90)115)113-109(111-97)80-54-62-87(63-55-80)117-105-34-16-8-26-93(105)94-27-9-17-35-106(94)117)68-84(67-82)75-44-48-77(49-45-75)98-70-100(79-52-60-86(61-53-79)116-103-32-14-6-24-91(103)92-25-7-15-33-104(92)116)114-110(112-98)81-56-64-88(65-57-81)118-107-36-18-10-28-95(107)96-29-11-19-37-108(96)118/h1-70H. The van der Waals surface area contributed by atoms with Crippen molar-refractivity contribution in [3.8, 4) is 135 Å². The fourth-order valence-electron chi connectivity index (χ4n) is 17.9. The lowest BCUT2D eigenvalue weighted by Crippen LogP contribution is -1.98. The molecule has 23 aromatic rings. The van der Waals surface area contributed by atoms with E-state index in [9.17, 15) is 0 Å². The molecule has 550 valence electrons. The Labute approximate surface area is 680 Å². The van der Waals surface area contributed by atoms with Gasteiger partial charge in [-0.25, -0.2) is 19.9 Å². The van der Waals surface area contributed by atoms with Gasteiger partial charge in [0.05, 0.1) is 66.9 Å². The highest BCUT2D eigenvalue weighted by molar-refractivity contribution is 6.12. The van der Waals surface area contributed by atoms with Crippen molar-refractivity contribution in [2.45, 2.75) is 0 Å². The second-order valence-corrected chi connectivity index (χ2v) is 30.5. The van der Waals surface area contributed by atoms with Gasteiger partial charge in [-0.1, -0.05) is 273 Å². The van der Waals surface area contributed by atoms with Crippen LogP contribution >= 0.6 is 0 Å². The van der Waals surface area contributed by atoms with Gasteiger partial charge >= 0.3 is 0 Å². The number of benzene rings is 17. The Kier molecular flexibility index (Phi) is 16.1. The summed E-state index contributed by atoms with van der Waals surface area (Å²) in [7, 11) is 0. The van der Waals surface area contributed by atoms with Gasteiger partial charge in [-0.3, -0.25) is 0 Å². The molecule has 8 heteroatoms. The van der Waals surface area contributed by atoms with Crippen molar-refractivity contribution in [1.82, 2.24) is 38.2 Å². The van der Waals surface area contributed by atoms with Crippen LogP contribution in [0.1, 0.15) is 0 Å². The van der Waals surface area contributed by atoms with Crippen molar-refractivity contribution < 1.29 is 0 Å². The first-order chi connectivity index (χ1) is 58.5. The largest absolute Gasteiger partial charge is 0.309 e. The van der Waals surface area contributed by atoms with E-state index in [1.807, 2.05) is 0 Å². The van der Waals surface area contributed by atoms with Crippen molar-refractivity contribution in [3.05, 3.63) is 425 Å². The average Bonchev–Trinajstić information content (AvgIpc) is 1.61. The van der Waals surface area contributed by atoms with Crippen LogP contribution in [-0.2, 0) is 0 Å². The molecule has 0 saturated carbocycles. The molecule has 118 heavy (non-hydrogen) atoms. The predicted molar refractivity (Wildman–Crippen MR) is 489 cm³/mol. The van der Waals surface area contributed by atoms with Crippen LogP contribution in [0, 0.1) is 0 Å². The monoisotopic (exact) mass is 1500 g/mol. The van der Waals surface area contributed by atoms with Crippen LogP contribution in [0.5, 0.6) is 0 Å². The Bertz CT molecular complexity index is 6860. The Morgan fingerprint density at radius 3 is 0.525 bits per heavy atom. The van der Waals surface area contributed by atoms with Crippen LogP contribution in [0.25, 0.3) is 222 Å². The van der Waals surface area contributed by atoms with Gasteiger partial charge in [-0.05, 0) is 196 Å². The van der Waals surface area contributed by atoms with E-state index in [-0.39, 0.29) is 0 Å². The lowest BCUT2D eigenvalue weighted by atomic mass is 9.92. The average molecular weight is 1500 g/mol. The Morgan fingerprint density at radius 2 is 0.297 bits per heavy atom. The number of para-hydroxylation sites is 8. The molecule has 23 rings (SSSR count). The minimum atomic E-state index is 0.641. The summed E-state index contributed by atoms with van der Waals surface area (Å²) in [6.07, 6.45) is 0. The number of fused-ring (bicyclic) bond motifs is 12. The molecule has 17 aromatic carbocycles. The Balaban J connectivity index is 0.615. The molecule has 0 aliphatic heterocycles. The van der Waals surface area contributed by atoms with E-state index < -0.39 is 0 Å². The van der Waals surface area contributed by atoms with Gasteiger partial charge in [0.25, 0.3) is 0 Å². The highest BCUT2D eigenvalue weighted by atomic mass is 15.0. The molecule has 0 unspecified atom stereocenters. The molecule has 0 amide bonds. The number of rotatable bonds is 14. The summed E-state index contributed by atoms with van der Waals surface area (Å²) in [4.78, 5) is 21.7. The lowest BCUT2D eigenvalue weighted by Gasteiger charge is -2.14. The van der Waals surface area contributed by atoms with E-state index in [4.69, 9.17) is 19.9 Å². The molecule has 0 N–H and O–H groups in total. The normalized spacial score (nSPS) is 11.7. The molecule has 0 spiro atoms.